The second kappa shape index (κ2) is 9.08. The first-order valence-corrected chi connectivity index (χ1v) is 13.0. The predicted octanol–water partition coefficient (Wildman–Crippen LogP) is 5.17. The van der Waals surface area contributed by atoms with Gasteiger partial charge in [0.25, 0.3) is 0 Å². The highest BCUT2D eigenvalue weighted by molar-refractivity contribution is 7.89. The minimum Gasteiger partial charge on any atom is -0.345 e. The Balaban J connectivity index is 1.42. The number of thiazole rings is 1. The van der Waals surface area contributed by atoms with Crippen LogP contribution in [0.25, 0.3) is 0 Å². The largest absolute Gasteiger partial charge is 0.345 e. The predicted molar refractivity (Wildman–Crippen MR) is 128 cm³/mol. The summed E-state index contributed by atoms with van der Waals surface area (Å²) >= 11 is 13.6. The standard InChI is InChI=1S/C22H23Cl2N3O2S2/c1-15-7-16(2)9-17(8-15)10-20-14-30-22(25-20)26-3-5-27(6-4-26)31(28,29)21-12-18(23)11-19(24)13-21/h7-9,11-14H,3-6,10H2,1-2H3. The second-order valence-corrected chi connectivity index (χ2v) is 11.4. The van der Waals surface area contributed by atoms with Crippen LogP contribution in [0.2, 0.25) is 10.0 Å². The Hall–Kier alpha value is -1.64. The number of hydrogen-bond donors (Lipinski definition) is 0. The Labute approximate surface area is 197 Å². The van der Waals surface area contributed by atoms with E-state index in [1.807, 2.05) is 0 Å². The highest BCUT2D eigenvalue weighted by Crippen LogP contribution is 2.28. The van der Waals surface area contributed by atoms with Gasteiger partial charge in [-0.25, -0.2) is 13.4 Å². The van der Waals surface area contributed by atoms with Crippen molar-refractivity contribution in [3.8, 4) is 0 Å². The summed E-state index contributed by atoms with van der Waals surface area (Å²) in [6.45, 7) is 6.16. The number of hydrogen-bond acceptors (Lipinski definition) is 5. The van der Waals surface area contributed by atoms with E-state index in [1.54, 1.807) is 11.3 Å². The third-order valence-electron chi connectivity index (χ3n) is 5.19. The van der Waals surface area contributed by atoms with Crippen molar-refractivity contribution in [3.05, 3.63) is 74.2 Å². The molecule has 0 amide bonds. The topological polar surface area (TPSA) is 53.5 Å². The summed E-state index contributed by atoms with van der Waals surface area (Å²) in [7, 11) is -3.64. The highest BCUT2D eigenvalue weighted by Gasteiger charge is 2.30. The van der Waals surface area contributed by atoms with Crippen LogP contribution < -0.4 is 4.90 Å². The molecule has 1 saturated heterocycles. The Morgan fingerprint density at radius 1 is 0.935 bits per heavy atom. The van der Waals surface area contributed by atoms with Crippen LogP contribution in [0.3, 0.4) is 0 Å². The number of nitrogens with zero attached hydrogens (tertiary/aromatic N) is 3. The zero-order valence-corrected chi connectivity index (χ0v) is 20.5. The quantitative estimate of drug-likeness (QED) is 0.489. The number of aromatic nitrogens is 1. The monoisotopic (exact) mass is 495 g/mol. The summed E-state index contributed by atoms with van der Waals surface area (Å²) in [6, 6.07) is 11.0. The third kappa shape index (κ3) is 5.23. The summed E-state index contributed by atoms with van der Waals surface area (Å²) in [4.78, 5) is 7.07. The average Bonchev–Trinajstić information content (AvgIpc) is 3.15. The average molecular weight is 496 g/mol. The fraction of sp³-hybridized carbons (Fsp3) is 0.318. The maximum absolute atomic E-state index is 13.0. The SMILES string of the molecule is Cc1cc(C)cc(Cc2csc(N3CCN(S(=O)(=O)c4cc(Cl)cc(Cl)c4)CC3)n2)c1. The normalized spacial score (nSPS) is 15.4. The van der Waals surface area contributed by atoms with Gasteiger partial charge >= 0.3 is 0 Å². The van der Waals surface area contributed by atoms with Crippen molar-refractivity contribution in [2.75, 3.05) is 31.1 Å². The molecule has 164 valence electrons. The second-order valence-electron chi connectivity index (χ2n) is 7.79. The molecule has 2 heterocycles. The molecule has 1 fully saturated rings. The van der Waals surface area contributed by atoms with Gasteiger partial charge in [0.15, 0.2) is 5.13 Å². The van der Waals surface area contributed by atoms with Crippen LogP contribution in [0.5, 0.6) is 0 Å². The van der Waals surface area contributed by atoms with E-state index >= 15 is 0 Å². The zero-order valence-electron chi connectivity index (χ0n) is 17.3. The molecular weight excluding hydrogens is 473 g/mol. The smallest absolute Gasteiger partial charge is 0.243 e. The molecule has 1 aliphatic heterocycles. The van der Waals surface area contributed by atoms with Crippen molar-refractivity contribution in [1.29, 1.82) is 0 Å². The molecule has 0 N–H and O–H groups in total. The van der Waals surface area contributed by atoms with Crippen LogP contribution in [0.4, 0.5) is 5.13 Å². The lowest BCUT2D eigenvalue weighted by atomic mass is 10.0. The van der Waals surface area contributed by atoms with Gasteiger partial charge in [0, 0.05) is 48.0 Å². The van der Waals surface area contributed by atoms with E-state index in [0.29, 0.717) is 36.2 Å². The first-order valence-electron chi connectivity index (χ1n) is 9.93. The minimum absolute atomic E-state index is 0.128. The highest BCUT2D eigenvalue weighted by atomic mass is 35.5. The fourth-order valence-electron chi connectivity index (χ4n) is 3.85. The third-order valence-corrected chi connectivity index (χ3v) is 8.45. The molecule has 0 bridgehead atoms. The van der Waals surface area contributed by atoms with Gasteiger partial charge in [0.1, 0.15) is 0 Å². The first-order chi connectivity index (χ1) is 14.7. The van der Waals surface area contributed by atoms with Gasteiger partial charge in [-0.1, -0.05) is 52.5 Å². The molecular formula is C22H23Cl2N3O2S2. The van der Waals surface area contributed by atoms with Crippen molar-refractivity contribution in [2.45, 2.75) is 25.2 Å². The van der Waals surface area contributed by atoms with Crippen LogP contribution in [-0.2, 0) is 16.4 Å². The zero-order chi connectivity index (χ0) is 22.2. The summed E-state index contributed by atoms with van der Waals surface area (Å²) in [5.74, 6) is 0. The molecule has 0 spiro atoms. The lowest BCUT2D eigenvalue weighted by Crippen LogP contribution is -2.48. The molecule has 1 aliphatic rings. The maximum atomic E-state index is 13.0. The number of piperazine rings is 1. The van der Waals surface area contributed by atoms with Crippen molar-refractivity contribution in [1.82, 2.24) is 9.29 Å². The van der Waals surface area contributed by atoms with Gasteiger partial charge < -0.3 is 4.90 Å². The molecule has 0 atom stereocenters. The van der Waals surface area contributed by atoms with E-state index in [2.05, 4.69) is 42.3 Å². The molecule has 4 rings (SSSR count). The lowest BCUT2D eigenvalue weighted by molar-refractivity contribution is 0.384. The van der Waals surface area contributed by atoms with Gasteiger partial charge in [0.05, 0.1) is 10.6 Å². The van der Waals surface area contributed by atoms with Crippen LogP contribution in [0.1, 0.15) is 22.4 Å². The van der Waals surface area contributed by atoms with Crippen molar-refractivity contribution in [2.24, 2.45) is 0 Å². The van der Waals surface area contributed by atoms with E-state index in [-0.39, 0.29) is 4.90 Å². The minimum atomic E-state index is -3.64. The van der Waals surface area contributed by atoms with Crippen molar-refractivity contribution >= 4 is 49.7 Å². The van der Waals surface area contributed by atoms with Crippen molar-refractivity contribution in [3.63, 3.8) is 0 Å². The van der Waals surface area contributed by atoms with E-state index < -0.39 is 10.0 Å². The molecule has 3 aromatic rings. The van der Waals surface area contributed by atoms with Crippen molar-refractivity contribution < 1.29 is 8.42 Å². The van der Waals surface area contributed by atoms with Gasteiger partial charge in [0.2, 0.25) is 10.0 Å². The Morgan fingerprint density at radius 3 is 2.16 bits per heavy atom. The summed E-state index contributed by atoms with van der Waals surface area (Å²) in [5.41, 5.74) is 4.80. The van der Waals surface area contributed by atoms with E-state index in [0.717, 1.165) is 17.2 Å². The summed E-state index contributed by atoms with van der Waals surface area (Å²) in [5, 5.41) is 3.64. The molecule has 31 heavy (non-hydrogen) atoms. The molecule has 0 aliphatic carbocycles. The number of anilines is 1. The Kier molecular flexibility index (Phi) is 6.60. The number of benzene rings is 2. The molecule has 0 saturated carbocycles. The molecule has 5 nitrogen and oxygen atoms in total. The summed E-state index contributed by atoms with van der Waals surface area (Å²) in [6.07, 6.45) is 0.795. The Bertz CT molecular complexity index is 1160. The van der Waals surface area contributed by atoms with Crippen LogP contribution >= 0.6 is 34.5 Å². The lowest BCUT2D eigenvalue weighted by Gasteiger charge is -2.33. The molecule has 9 heteroatoms. The van der Waals surface area contributed by atoms with Gasteiger partial charge in [-0.15, -0.1) is 11.3 Å². The van der Waals surface area contributed by atoms with Gasteiger partial charge in [-0.05, 0) is 37.6 Å². The van der Waals surface area contributed by atoms with Crippen LogP contribution in [0, 0.1) is 13.8 Å². The van der Waals surface area contributed by atoms with E-state index in [4.69, 9.17) is 28.2 Å². The van der Waals surface area contributed by atoms with Crippen LogP contribution in [0.15, 0.2) is 46.7 Å². The fourth-order valence-corrected chi connectivity index (χ4v) is 6.88. The molecule has 0 radical (unpaired) electrons. The number of sulfonamides is 1. The summed E-state index contributed by atoms with van der Waals surface area (Å²) < 4.78 is 27.4. The van der Waals surface area contributed by atoms with Crippen LogP contribution in [-0.4, -0.2) is 43.9 Å². The van der Waals surface area contributed by atoms with Gasteiger partial charge in [-0.2, -0.15) is 4.31 Å². The van der Waals surface area contributed by atoms with Gasteiger partial charge in [-0.3, -0.25) is 0 Å². The first kappa shape index (κ1) is 22.6. The van der Waals surface area contributed by atoms with E-state index in [9.17, 15) is 8.42 Å². The number of halogens is 2. The number of aryl methyl sites for hydroxylation is 2. The molecule has 0 unspecified atom stereocenters. The maximum Gasteiger partial charge on any atom is 0.243 e. The molecule has 1 aromatic heterocycles. The van der Waals surface area contributed by atoms with E-state index in [1.165, 1.54) is 39.2 Å². The molecule has 2 aromatic carbocycles. The number of rotatable bonds is 5. The Morgan fingerprint density at radius 2 is 1.55 bits per heavy atom.